The van der Waals surface area contributed by atoms with E-state index in [-0.39, 0.29) is 30.2 Å². The summed E-state index contributed by atoms with van der Waals surface area (Å²) in [6.07, 6.45) is 4.13. The maximum atomic E-state index is 12.4. The molecule has 0 heterocycles. The second kappa shape index (κ2) is 11.6. The molecule has 0 fully saturated rings. The van der Waals surface area contributed by atoms with Crippen LogP contribution in [0.2, 0.25) is 0 Å². The third-order valence-electron chi connectivity index (χ3n) is 3.87. The first-order chi connectivity index (χ1) is 12.9. The molecule has 0 bridgehead atoms. The van der Waals surface area contributed by atoms with Gasteiger partial charge < -0.3 is 14.4 Å². The van der Waals surface area contributed by atoms with Gasteiger partial charge in [-0.05, 0) is 18.6 Å². The lowest BCUT2D eigenvalue weighted by Crippen LogP contribution is -2.39. The van der Waals surface area contributed by atoms with Gasteiger partial charge in [-0.1, -0.05) is 26.2 Å². The van der Waals surface area contributed by atoms with Crippen LogP contribution < -0.4 is 4.74 Å². The standard InChI is InChI=1S/C18H24N2O7/c1-3-4-5-6-9-19(11-18(23)26-2)17(22)13-27-15-7-8-16(20(24)25)14(10-15)12-21/h7-8,10,12H,3-6,9,11,13H2,1-2H3. The number of nitro groups is 1. The van der Waals surface area contributed by atoms with E-state index in [2.05, 4.69) is 11.7 Å². The number of methoxy groups -OCH3 is 1. The van der Waals surface area contributed by atoms with Crippen molar-refractivity contribution < 1.29 is 28.8 Å². The molecule has 0 saturated heterocycles. The van der Waals surface area contributed by atoms with Crippen molar-refractivity contribution in [3.63, 3.8) is 0 Å². The van der Waals surface area contributed by atoms with Gasteiger partial charge in [-0.15, -0.1) is 0 Å². The third kappa shape index (κ3) is 7.43. The highest BCUT2D eigenvalue weighted by Gasteiger charge is 2.19. The quantitative estimate of drug-likeness (QED) is 0.180. The molecular formula is C18H24N2O7. The number of benzene rings is 1. The monoisotopic (exact) mass is 380 g/mol. The fourth-order valence-corrected chi connectivity index (χ4v) is 2.36. The number of nitrogens with zero attached hydrogens (tertiary/aromatic N) is 2. The van der Waals surface area contributed by atoms with Crippen molar-refractivity contribution in [2.24, 2.45) is 0 Å². The molecule has 9 heteroatoms. The van der Waals surface area contributed by atoms with Crippen molar-refractivity contribution >= 4 is 23.9 Å². The Morgan fingerprint density at radius 2 is 2.00 bits per heavy atom. The average molecular weight is 380 g/mol. The highest BCUT2D eigenvalue weighted by atomic mass is 16.6. The molecule has 1 aromatic carbocycles. The molecule has 0 unspecified atom stereocenters. The van der Waals surface area contributed by atoms with Crippen molar-refractivity contribution in [1.82, 2.24) is 4.90 Å². The van der Waals surface area contributed by atoms with E-state index in [0.29, 0.717) is 12.8 Å². The molecule has 0 saturated carbocycles. The molecule has 0 aliphatic heterocycles. The Hall–Kier alpha value is -2.97. The van der Waals surface area contributed by atoms with Gasteiger partial charge in [0.05, 0.1) is 17.6 Å². The molecule has 0 aromatic heterocycles. The molecule has 27 heavy (non-hydrogen) atoms. The molecular weight excluding hydrogens is 356 g/mol. The van der Waals surface area contributed by atoms with E-state index in [1.54, 1.807) is 0 Å². The van der Waals surface area contributed by atoms with E-state index in [0.717, 1.165) is 31.7 Å². The number of ether oxygens (including phenoxy) is 2. The number of carbonyl (C=O) groups is 3. The van der Waals surface area contributed by atoms with Crippen molar-refractivity contribution in [3.8, 4) is 5.75 Å². The first-order valence-corrected chi connectivity index (χ1v) is 8.63. The Kier molecular flexibility index (Phi) is 9.49. The molecule has 1 aromatic rings. The first kappa shape index (κ1) is 22.1. The predicted octanol–water partition coefficient (Wildman–Crippen LogP) is 2.37. The number of hydrogen-bond donors (Lipinski definition) is 0. The van der Waals surface area contributed by atoms with E-state index >= 15 is 0 Å². The number of amides is 1. The minimum absolute atomic E-state index is 0.143. The van der Waals surface area contributed by atoms with E-state index in [9.17, 15) is 24.5 Å². The summed E-state index contributed by atoms with van der Waals surface area (Å²) in [6.45, 7) is 1.94. The maximum absolute atomic E-state index is 12.4. The Balaban J connectivity index is 2.72. The van der Waals surface area contributed by atoms with Crippen LogP contribution in [0.15, 0.2) is 18.2 Å². The maximum Gasteiger partial charge on any atom is 0.325 e. The first-order valence-electron chi connectivity index (χ1n) is 8.63. The number of carbonyl (C=O) groups excluding carboxylic acids is 3. The van der Waals surface area contributed by atoms with Crippen molar-refractivity contribution in [2.75, 3.05) is 26.8 Å². The SMILES string of the molecule is CCCCCCN(CC(=O)OC)C(=O)COc1ccc([N+](=O)[O-])c(C=O)c1. The van der Waals surface area contributed by atoms with Crippen molar-refractivity contribution in [1.29, 1.82) is 0 Å². The molecule has 0 spiro atoms. The van der Waals surface area contributed by atoms with Gasteiger partial charge in [0.2, 0.25) is 0 Å². The Bertz CT molecular complexity index is 676. The van der Waals surface area contributed by atoms with Gasteiger partial charge in [-0.25, -0.2) is 0 Å². The van der Waals surface area contributed by atoms with Gasteiger partial charge in [0.25, 0.3) is 11.6 Å². The van der Waals surface area contributed by atoms with Crippen LogP contribution in [-0.2, 0) is 14.3 Å². The second-order valence-corrected chi connectivity index (χ2v) is 5.84. The normalized spacial score (nSPS) is 10.1. The molecule has 0 aliphatic carbocycles. The molecule has 1 rings (SSSR count). The van der Waals surface area contributed by atoms with E-state index in [4.69, 9.17) is 4.74 Å². The number of aldehydes is 1. The zero-order chi connectivity index (χ0) is 20.2. The average Bonchev–Trinajstić information content (AvgIpc) is 2.67. The Labute approximate surface area is 157 Å². The fourth-order valence-electron chi connectivity index (χ4n) is 2.36. The highest BCUT2D eigenvalue weighted by Crippen LogP contribution is 2.22. The van der Waals surface area contributed by atoms with Crippen molar-refractivity contribution in [3.05, 3.63) is 33.9 Å². The molecule has 148 valence electrons. The van der Waals surface area contributed by atoms with Gasteiger partial charge in [0, 0.05) is 12.6 Å². The van der Waals surface area contributed by atoms with Gasteiger partial charge in [0.1, 0.15) is 12.3 Å². The van der Waals surface area contributed by atoms with E-state index < -0.39 is 16.8 Å². The second-order valence-electron chi connectivity index (χ2n) is 5.84. The number of rotatable bonds is 12. The summed E-state index contributed by atoms with van der Waals surface area (Å²) in [5.41, 5.74) is -0.483. The predicted molar refractivity (Wildman–Crippen MR) is 96.7 cm³/mol. The number of hydrogen-bond acceptors (Lipinski definition) is 7. The van der Waals surface area contributed by atoms with E-state index in [1.807, 2.05) is 0 Å². The van der Waals surface area contributed by atoms with Crippen LogP contribution in [0.5, 0.6) is 5.75 Å². The third-order valence-corrected chi connectivity index (χ3v) is 3.87. The van der Waals surface area contributed by atoms with Crippen LogP contribution in [0.4, 0.5) is 5.69 Å². The largest absolute Gasteiger partial charge is 0.484 e. The van der Waals surface area contributed by atoms with Crippen molar-refractivity contribution in [2.45, 2.75) is 32.6 Å². The summed E-state index contributed by atoms with van der Waals surface area (Å²) >= 11 is 0. The number of nitro benzene ring substituents is 1. The van der Waals surface area contributed by atoms with Gasteiger partial charge in [0.15, 0.2) is 12.9 Å². The summed E-state index contributed by atoms with van der Waals surface area (Å²) < 4.78 is 9.95. The number of esters is 1. The highest BCUT2D eigenvalue weighted by molar-refractivity contribution is 5.84. The molecule has 0 radical (unpaired) electrons. The smallest absolute Gasteiger partial charge is 0.325 e. The Morgan fingerprint density at radius 3 is 2.59 bits per heavy atom. The summed E-state index contributed by atoms with van der Waals surface area (Å²) in [7, 11) is 1.25. The number of unbranched alkanes of at least 4 members (excludes halogenated alkanes) is 3. The molecule has 0 atom stereocenters. The zero-order valence-corrected chi connectivity index (χ0v) is 15.5. The van der Waals surface area contributed by atoms with Gasteiger partial charge in [-0.2, -0.15) is 0 Å². The fraction of sp³-hybridized carbons (Fsp3) is 0.500. The lowest BCUT2D eigenvalue weighted by atomic mass is 10.2. The lowest BCUT2D eigenvalue weighted by molar-refractivity contribution is -0.385. The summed E-state index contributed by atoms with van der Waals surface area (Å²) in [4.78, 5) is 46.4. The van der Waals surface area contributed by atoms with Crippen LogP contribution in [0.25, 0.3) is 0 Å². The molecule has 0 aliphatic rings. The summed E-state index contributed by atoms with van der Waals surface area (Å²) in [5.74, 6) is -0.791. The summed E-state index contributed by atoms with van der Waals surface area (Å²) in [6, 6.07) is 3.65. The molecule has 0 N–H and O–H groups in total. The zero-order valence-electron chi connectivity index (χ0n) is 15.5. The van der Waals surface area contributed by atoms with E-state index in [1.165, 1.54) is 24.1 Å². The summed E-state index contributed by atoms with van der Waals surface area (Å²) in [5, 5.41) is 10.8. The minimum Gasteiger partial charge on any atom is -0.484 e. The van der Waals surface area contributed by atoms with Crippen LogP contribution in [-0.4, -0.2) is 54.8 Å². The lowest BCUT2D eigenvalue weighted by Gasteiger charge is -2.21. The van der Waals surface area contributed by atoms with Gasteiger partial charge >= 0.3 is 5.97 Å². The minimum atomic E-state index is -0.674. The topological polar surface area (TPSA) is 116 Å². The Morgan fingerprint density at radius 1 is 1.26 bits per heavy atom. The molecule has 1 amide bonds. The van der Waals surface area contributed by atoms with Crippen LogP contribution in [0.3, 0.4) is 0 Å². The van der Waals surface area contributed by atoms with Crippen LogP contribution in [0.1, 0.15) is 43.0 Å². The molecule has 9 nitrogen and oxygen atoms in total. The van der Waals surface area contributed by atoms with Gasteiger partial charge in [-0.3, -0.25) is 24.5 Å². The van der Waals surface area contributed by atoms with Crippen LogP contribution in [0, 0.1) is 10.1 Å². The van der Waals surface area contributed by atoms with Crippen LogP contribution >= 0.6 is 0 Å².